The number of rotatable bonds is 3. The number of anilines is 1. The molecule has 3 nitrogen and oxygen atoms in total. The first-order valence-electron chi connectivity index (χ1n) is 12.4. The third-order valence-corrected chi connectivity index (χ3v) is 5.81. The standard InChI is InChI=1S/C22H22F2N2O.C5H12.C2H6.C2H2/c1-12-9-17-20(15-10-18(23)14(3)19(24)11-15)16(5-8-27)13(2)21-22(17)26(12)7-6-25(21)4;1-5(2,3)4;2*1-2/h8-11H,5-7H2,1-4H3;1-4H3;1-2H3;1-2H. The van der Waals surface area contributed by atoms with Gasteiger partial charge in [-0.3, -0.25) is 0 Å². The summed E-state index contributed by atoms with van der Waals surface area (Å²) in [5, 5.41) is 0.944. The largest absolute Gasteiger partial charge is 0.371 e. The highest BCUT2D eigenvalue weighted by atomic mass is 19.1. The molecule has 0 amide bonds. The van der Waals surface area contributed by atoms with Gasteiger partial charge in [0.05, 0.1) is 11.2 Å². The van der Waals surface area contributed by atoms with Gasteiger partial charge in [-0.1, -0.05) is 41.5 Å². The third kappa shape index (κ3) is 6.55. The molecule has 0 fully saturated rings. The molecule has 2 heterocycles. The molecule has 0 radical (unpaired) electrons. The maximum absolute atomic E-state index is 14.3. The molecule has 1 aliphatic rings. The van der Waals surface area contributed by atoms with Crippen LogP contribution in [0.2, 0.25) is 0 Å². The van der Waals surface area contributed by atoms with E-state index in [4.69, 9.17) is 0 Å². The van der Waals surface area contributed by atoms with Crippen molar-refractivity contribution in [3.63, 3.8) is 0 Å². The molecule has 0 N–H and O–H groups in total. The summed E-state index contributed by atoms with van der Waals surface area (Å²) in [5.74, 6) is -1.14. The minimum atomic E-state index is -0.572. The van der Waals surface area contributed by atoms with Gasteiger partial charge in [0, 0.05) is 43.2 Å². The number of benzene rings is 2. The van der Waals surface area contributed by atoms with E-state index in [2.05, 4.69) is 56.1 Å². The summed E-state index contributed by atoms with van der Waals surface area (Å²) in [6.07, 6.45) is 9.07. The minimum absolute atomic E-state index is 0.00914. The Labute approximate surface area is 216 Å². The van der Waals surface area contributed by atoms with Crippen molar-refractivity contribution in [1.29, 1.82) is 0 Å². The van der Waals surface area contributed by atoms with E-state index in [-0.39, 0.29) is 12.0 Å². The first kappa shape index (κ1) is 30.9. The molecule has 2 aromatic carbocycles. The fourth-order valence-corrected chi connectivity index (χ4v) is 4.37. The second kappa shape index (κ2) is 12.7. The maximum atomic E-state index is 14.3. The Balaban J connectivity index is 0.000000634. The van der Waals surface area contributed by atoms with E-state index in [0.717, 1.165) is 58.4 Å². The van der Waals surface area contributed by atoms with Gasteiger partial charge < -0.3 is 14.3 Å². The van der Waals surface area contributed by atoms with E-state index in [9.17, 15) is 13.6 Å². The summed E-state index contributed by atoms with van der Waals surface area (Å²) in [5.41, 5.74) is 6.85. The van der Waals surface area contributed by atoms with Gasteiger partial charge in [-0.25, -0.2) is 8.78 Å². The molecule has 0 unspecified atom stereocenters. The Kier molecular flexibility index (Phi) is 10.9. The number of hydrogen-bond donors (Lipinski definition) is 0. The molecule has 0 bridgehead atoms. The molecule has 0 atom stereocenters. The Morgan fingerprint density at radius 1 is 0.944 bits per heavy atom. The highest BCUT2D eigenvalue weighted by molar-refractivity contribution is 6.07. The number of halogens is 2. The number of aromatic nitrogens is 1. The minimum Gasteiger partial charge on any atom is -0.371 e. The van der Waals surface area contributed by atoms with Crippen LogP contribution in [-0.4, -0.2) is 24.4 Å². The van der Waals surface area contributed by atoms with Crippen molar-refractivity contribution in [2.45, 2.75) is 75.3 Å². The van der Waals surface area contributed by atoms with Crippen molar-refractivity contribution in [3.8, 4) is 24.0 Å². The fourth-order valence-electron chi connectivity index (χ4n) is 4.37. The van der Waals surface area contributed by atoms with E-state index in [0.29, 0.717) is 11.0 Å². The third-order valence-electron chi connectivity index (χ3n) is 5.81. The summed E-state index contributed by atoms with van der Waals surface area (Å²) < 4.78 is 30.9. The topological polar surface area (TPSA) is 25.2 Å². The molecular weight excluding hydrogens is 454 g/mol. The SMILES string of the molecule is C#C.CC.CC(C)(C)C.Cc1c(F)cc(-c2c(CC=O)c(C)c3c4c2cc(C)n4CCN3C)cc1F. The van der Waals surface area contributed by atoms with E-state index < -0.39 is 11.6 Å². The lowest BCUT2D eigenvalue weighted by atomic mass is 9.88. The van der Waals surface area contributed by atoms with Crippen LogP contribution >= 0.6 is 0 Å². The van der Waals surface area contributed by atoms with Gasteiger partial charge in [-0.2, -0.15) is 0 Å². The molecule has 1 aromatic heterocycles. The van der Waals surface area contributed by atoms with Crippen LogP contribution in [0.1, 0.15) is 63.9 Å². The van der Waals surface area contributed by atoms with Crippen LogP contribution in [0.4, 0.5) is 14.5 Å². The zero-order chi connectivity index (χ0) is 28.0. The van der Waals surface area contributed by atoms with Crippen molar-refractivity contribution >= 4 is 22.9 Å². The summed E-state index contributed by atoms with van der Waals surface area (Å²) in [6, 6.07) is 4.82. The molecule has 1 aliphatic heterocycles. The molecule has 5 heteroatoms. The summed E-state index contributed by atoms with van der Waals surface area (Å²) in [4.78, 5) is 13.6. The van der Waals surface area contributed by atoms with E-state index in [1.54, 1.807) is 0 Å². The fraction of sp³-hybridized carbons (Fsp3) is 0.452. The lowest BCUT2D eigenvalue weighted by Crippen LogP contribution is -2.29. The lowest BCUT2D eigenvalue weighted by molar-refractivity contribution is -0.107. The number of terminal acetylenes is 1. The number of aryl methyl sites for hydroxylation is 1. The van der Waals surface area contributed by atoms with Crippen molar-refractivity contribution in [1.82, 2.24) is 4.57 Å². The smallest absolute Gasteiger partial charge is 0.129 e. The predicted octanol–water partition coefficient (Wildman–Crippen LogP) is 8.03. The molecule has 0 saturated heterocycles. The number of carbonyl (C=O) groups is 1. The van der Waals surface area contributed by atoms with Crippen molar-refractivity contribution in [2.75, 3.05) is 18.5 Å². The van der Waals surface area contributed by atoms with Crippen LogP contribution in [0.3, 0.4) is 0 Å². The Bertz CT molecular complexity index is 1200. The monoisotopic (exact) mass is 496 g/mol. The molecule has 0 aliphatic carbocycles. The van der Waals surface area contributed by atoms with Crippen molar-refractivity contribution < 1.29 is 13.6 Å². The van der Waals surface area contributed by atoms with Crippen LogP contribution in [0.5, 0.6) is 0 Å². The highest BCUT2D eigenvalue weighted by Crippen LogP contribution is 2.44. The first-order valence-corrected chi connectivity index (χ1v) is 12.4. The normalized spacial score (nSPS) is 12.0. The molecule has 36 heavy (non-hydrogen) atoms. The van der Waals surface area contributed by atoms with E-state index in [1.165, 1.54) is 19.1 Å². The zero-order valence-electron chi connectivity index (χ0n) is 23.6. The average Bonchev–Trinajstić information content (AvgIpc) is 3.14. The summed E-state index contributed by atoms with van der Waals surface area (Å²) >= 11 is 0. The van der Waals surface area contributed by atoms with Gasteiger partial charge in [0.1, 0.15) is 17.9 Å². The molecule has 3 aromatic rings. The molecule has 0 saturated carbocycles. The molecule has 0 spiro atoms. The first-order chi connectivity index (χ1) is 16.8. The average molecular weight is 497 g/mol. The Hall–Kier alpha value is -3.13. The summed E-state index contributed by atoms with van der Waals surface area (Å²) in [7, 11) is 2.04. The van der Waals surface area contributed by atoms with Gasteiger partial charge in [0.25, 0.3) is 0 Å². The van der Waals surface area contributed by atoms with Crippen LogP contribution in [0.25, 0.3) is 22.0 Å². The van der Waals surface area contributed by atoms with Crippen LogP contribution in [0.15, 0.2) is 18.2 Å². The summed E-state index contributed by atoms with van der Waals surface area (Å²) in [6.45, 7) is 20.0. The molecule has 4 rings (SSSR count). The van der Waals surface area contributed by atoms with E-state index in [1.807, 2.05) is 34.7 Å². The van der Waals surface area contributed by atoms with E-state index >= 15 is 0 Å². The maximum Gasteiger partial charge on any atom is 0.129 e. The number of likely N-dealkylation sites (N-methyl/N-ethyl adjacent to an activating group) is 1. The lowest BCUT2D eigenvalue weighted by Gasteiger charge is -2.31. The van der Waals surface area contributed by atoms with Gasteiger partial charge >= 0.3 is 0 Å². The molecular formula is C31H42F2N2O. The number of hydrogen-bond acceptors (Lipinski definition) is 2. The second-order valence-electron chi connectivity index (χ2n) is 10.4. The predicted molar refractivity (Wildman–Crippen MR) is 151 cm³/mol. The van der Waals surface area contributed by atoms with Gasteiger partial charge in [0.15, 0.2) is 0 Å². The molecule has 196 valence electrons. The Morgan fingerprint density at radius 3 is 1.92 bits per heavy atom. The van der Waals surface area contributed by atoms with Crippen molar-refractivity contribution in [3.05, 3.63) is 52.2 Å². The quantitative estimate of drug-likeness (QED) is 0.271. The van der Waals surface area contributed by atoms with Gasteiger partial charge in [-0.05, 0) is 66.6 Å². The number of carbonyl (C=O) groups excluding carboxylic acids is 1. The van der Waals surface area contributed by atoms with Crippen LogP contribution < -0.4 is 4.90 Å². The van der Waals surface area contributed by atoms with Crippen molar-refractivity contribution in [2.24, 2.45) is 5.41 Å². The number of nitrogens with zero attached hydrogens (tertiary/aromatic N) is 2. The highest BCUT2D eigenvalue weighted by Gasteiger charge is 2.27. The van der Waals surface area contributed by atoms with Gasteiger partial charge in [0.2, 0.25) is 0 Å². The Morgan fingerprint density at radius 2 is 1.44 bits per heavy atom. The second-order valence-corrected chi connectivity index (χ2v) is 10.4. The number of aldehydes is 1. The van der Waals surface area contributed by atoms with Crippen LogP contribution in [0, 0.1) is 50.7 Å². The van der Waals surface area contributed by atoms with Gasteiger partial charge in [-0.15, -0.1) is 12.8 Å². The van der Waals surface area contributed by atoms with Crippen LogP contribution in [-0.2, 0) is 17.8 Å². The zero-order valence-corrected chi connectivity index (χ0v) is 23.6.